The van der Waals surface area contributed by atoms with Gasteiger partial charge in [-0.15, -0.1) is 0 Å². The lowest BCUT2D eigenvalue weighted by Crippen LogP contribution is -2.44. The number of carbonyl (C=O) groups excluding carboxylic acids is 1. The van der Waals surface area contributed by atoms with Crippen molar-refractivity contribution in [2.24, 2.45) is 0 Å². The molecule has 0 spiro atoms. The van der Waals surface area contributed by atoms with Crippen LogP contribution in [0.3, 0.4) is 0 Å². The predicted octanol–water partition coefficient (Wildman–Crippen LogP) is 3.25. The summed E-state index contributed by atoms with van der Waals surface area (Å²) in [6, 6.07) is 14.1. The van der Waals surface area contributed by atoms with Gasteiger partial charge in [-0.1, -0.05) is 30.3 Å². The van der Waals surface area contributed by atoms with Crippen molar-refractivity contribution >= 4 is 34.2 Å². The SMILES string of the molecule is Cc1ccc(NC(=O)[C@H]2Cc3ccccc3CN2)cc1I. The first-order chi connectivity index (χ1) is 10.1. The van der Waals surface area contributed by atoms with E-state index >= 15 is 0 Å². The third-order valence-corrected chi connectivity index (χ3v) is 5.00. The van der Waals surface area contributed by atoms with Crippen molar-refractivity contribution < 1.29 is 4.79 Å². The average molecular weight is 392 g/mol. The molecule has 0 fully saturated rings. The highest BCUT2D eigenvalue weighted by Gasteiger charge is 2.23. The highest BCUT2D eigenvalue weighted by molar-refractivity contribution is 14.1. The Kier molecular flexibility index (Phi) is 4.26. The van der Waals surface area contributed by atoms with Crippen LogP contribution in [0.1, 0.15) is 16.7 Å². The van der Waals surface area contributed by atoms with Gasteiger partial charge in [0.05, 0.1) is 6.04 Å². The lowest BCUT2D eigenvalue weighted by atomic mass is 9.95. The number of halogens is 1. The van der Waals surface area contributed by atoms with Crippen LogP contribution in [0.2, 0.25) is 0 Å². The van der Waals surface area contributed by atoms with Crippen LogP contribution < -0.4 is 10.6 Å². The number of carbonyl (C=O) groups is 1. The normalized spacial score (nSPS) is 17.1. The standard InChI is InChI=1S/C17H17IN2O/c1-11-6-7-14(9-15(11)18)20-17(21)16-8-12-4-2-3-5-13(12)10-19-16/h2-7,9,16,19H,8,10H2,1H3,(H,20,21)/t16-/m1/s1. The van der Waals surface area contributed by atoms with Crippen molar-refractivity contribution in [3.63, 3.8) is 0 Å². The van der Waals surface area contributed by atoms with Crippen molar-refractivity contribution in [2.75, 3.05) is 5.32 Å². The topological polar surface area (TPSA) is 41.1 Å². The van der Waals surface area contributed by atoms with Gasteiger partial charge in [-0.2, -0.15) is 0 Å². The first-order valence-corrected chi connectivity index (χ1v) is 8.08. The van der Waals surface area contributed by atoms with Gasteiger partial charge in [0.15, 0.2) is 0 Å². The number of hydrogen-bond acceptors (Lipinski definition) is 2. The molecule has 1 heterocycles. The van der Waals surface area contributed by atoms with Gasteiger partial charge in [-0.05, 0) is 64.8 Å². The van der Waals surface area contributed by atoms with Gasteiger partial charge in [-0.3, -0.25) is 4.79 Å². The van der Waals surface area contributed by atoms with Crippen LogP contribution in [0.25, 0.3) is 0 Å². The summed E-state index contributed by atoms with van der Waals surface area (Å²) < 4.78 is 1.16. The van der Waals surface area contributed by atoms with E-state index in [1.165, 1.54) is 16.7 Å². The lowest BCUT2D eigenvalue weighted by Gasteiger charge is -2.25. The van der Waals surface area contributed by atoms with E-state index in [9.17, 15) is 4.79 Å². The average Bonchev–Trinajstić information content (AvgIpc) is 2.50. The number of nitrogens with one attached hydrogen (secondary N) is 2. The number of fused-ring (bicyclic) bond motifs is 1. The monoisotopic (exact) mass is 392 g/mol. The zero-order chi connectivity index (χ0) is 14.8. The molecular formula is C17H17IN2O. The molecule has 108 valence electrons. The molecule has 2 aromatic carbocycles. The van der Waals surface area contributed by atoms with E-state index in [1.807, 2.05) is 30.3 Å². The summed E-state index contributed by atoms with van der Waals surface area (Å²) >= 11 is 2.28. The molecule has 2 aromatic rings. The van der Waals surface area contributed by atoms with Crippen LogP contribution in [-0.2, 0) is 17.8 Å². The maximum absolute atomic E-state index is 12.4. The first-order valence-electron chi connectivity index (χ1n) is 7.00. The second-order valence-corrected chi connectivity index (χ2v) is 6.52. The van der Waals surface area contributed by atoms with Gasteiger partial charge in [-0.25, -0.2) is 0 Å². The molecule has 0 saturated carbocycles. The molecule has 0 unspecified atom stereocenters. The van der Waals surface area contributed by atoms with Crippen LogP contribution in [0, 0.1) is 10.5 Å². The number of aryl methyl sites for hydroxylation is 1. The number of rotatable bonds is 2. The summed E-state index contributed by atoms with van der Waals surface area (Å²) in [5.41, 5.74) is 4.62. The number of anilines is 1. The summed E-state index contributed by atoms with van der Waals surface area (Å²) in [4.78, 5) is 12.4. The number of amides is 1. The molecule has 0 aliphatic carbocycles. The molecule has 21 heavy (non-hydrogen) atoms. The molecule has 2 N–H and O–H groups in total. The van der Waals surface area contributed by atoms with Gasteiger partial charge in [0, 0.05) is 15.8 Å². The Labute approximate surface area is 138 Å². The Bertz CT molecular complexity index is 684. The van der Waals surface area contributed by atoms with E-state index in [-0.39, 0.29) is 11.9 Å². The van der Waals surface area contributed by atoms with Gasteiger partial charge < -0.3 is 10.6 Å². The Hall–Kier alpha value is -1.40. The zero-order valence-corrected chi connectivity index (χ0v) is 14.0. The van der Waals surface area contributed by atoms with Crippen molar-refractivity contribution in [3.05, 3.63) is 62.7 Å². The van der Waals surface area contributed by atoms with Crippen LogP contribution in [0.15, 0.2) is 42.5 Å². The molecule has 1 aliphatic rings. The second kappa shape index (κ2) is 6.15. The lowest BCUT2D eigenvalue weighted by molar-refractivity contribution is -0.118. The third-order valence-electron chi connectivity index (χ3n) is 3.84. The fourth-order valence-electron chi connectivity index (χ4n) is 2.54. The minimum Gasteiger partial charge on any atom is -0.325 e. The van der Waals surface area contributed by atoms with Crippen LogP contribution in [0.5, 0.6) is 0 Å². The van der Waals surface area contributed by atoms with Crippen molar-refractivity contribution in [3.8, 4) is 0 Å². The minimum atomic E-state index is -0.168. The maximum Gasteiger partial charge on any atom is 0.241 e. The summed E-state index contributed by atoms with van der Waals surface area (Å²) in [7, 11) is 0. The maximum atomic E-state index is 12.4. The molecule has 3 nitrogen and oxygen atoms in total. The van der Waals surface area contributed by atoms with Crippen LogP contribution in [0.4, 0.5) is 5.69 Å². The van der Waals surface area contributed by atoms with E-state index < -0.39 is 0 Å². The molecule has 1 aliphatic heterocycles. The zero-order valence-electron chi connectivity index (χ0n) is 11.8. The summed E-state index contributed by atoms with van der Waals surface area (Å²) in [6.45, 7) is 2.81. The Morgan fingerprint density at radius 3 is 2.76 bits per heavy atom. The molecule has 0 radical (unpaired) electrons. The van der Waals surface area contributed by atoms with E-state index in [1.54, 1.807) is 0 Å². The van der Waals surface area contributed by atoms with Gasteiger partial charge in [0.25, 0.3) is 0 Å². The van der Waals surface area contributed by atoms with Crippen molar-refractivity contribution in [1.29, 1.82) is 0 Å². The van der Waals surface area contributed by atoms with E-state index in [0.29, 0.717) is 0 Å². The molecule has 4 heteroatoms. The summed E-state index contributed by atoms with van der Waals surface area (Å²) in [5, 5.41) is 6.31. The highest BCUT2D eigenvalue weighted by Crippen LogP contribution is 2.19. The molecule has 0 bridgehead atoms. The predicted molar refractivity (Wildman–Crippen MR) is 93.3 cm³/mol. The van der Waals surface area contributed by atoms with E-state index in [2.05, 4.69) is 52.3 Å². The fraction of sp³-hybridized carbons (Fsp3) is 0.235. The Morgan fingerprint density at radius 1 is 1.24 bits per heavy atom. The van der Waals surface area contributed by atoms with E-state index in [0.717, 1.165) is 22.2 Å². The van der Waals surface area contributed by atoms with Crippen LogP contribution in [-0.4, -0.2) is 11.9 Å². The number of hydrogen-bond donors (Lipinski definition) is 2. The van der Waals surface area contributed by atoms with Crippen molar-refractivity contribution in [2.45, 2.75) is 25.9 Å². The number of benzene rings is 2. The molecule has 3 rings (SSSR count). The summed E-state index contributed by atoms with van der Waals surface area (Å²) in [5.74, 6) is 0.0316. The highest BCUT2D eigenvalue weighted by atomic mass is 127. The summed E-state index contributed by atoms with van der Waals surface area (Å²) in [6.07, 6.45) is 0.741. The molecule has 1 atom stereocenters. The molecule has 1 amide bonds. The second-order valence-electron chi connectivity index (χ2n) is 5.36. The quantitative estimate of drug-likeness (QED) is 0.771. The minimum absolute atomic E-state index is 0.0316. The van der Waals surface area contributed by atoms with E-state index in [4.69, 9.17) is 0 Å². The van der Waals surface area contributed by atoms with Gasteiger partial charge in [0.2, 0.25) is 5.91 Å². The molecular weight excluding hydrogens is 375 g/mol. The molecule has 0 saturated heterocycles. The first kappa shape index (κ1) is 14.5. The molecule has 0 aromatic heterocycles. The van der Waals surface area contributed by atoms with Crippen LogP contribution >= 0.6 is 22.6 Å². The van der Waals surface area contributed by atoms with Gasteiger partial charge in [0.1, 0.15) is 0 Å². The third kappa shape index (κ3) is 3.27. The van der Waals surface area contributed by atoms with Crippen molar-refractivity contribution in [1.82, 2.24) is 5.32 Å². The Balaban J connectivity index is 1.70. The van der Waals surface area contributed by atoms with Gasteiger partial charge >= 0.3 is 0 Å². The largest absolute Gasteiger partial charge is 0.325 e. The Morgan fingerprint density at radius 2 is 2.00 bits per heavy atom. The fourth-order valence-corrected chi connectivity index (χ4v) is 3.05. The smallest absolute Gasteiger partial charge is 0.241 e.